The molecule has 0 saturated heterocycles. The van der Waals surface area contributed by atoms with E-state index in [4.69, 9.17) is 0 Å². The third-order valence-electron chi connectivity index (χ3n) is 2.91. The Morgan fingerprint density at radius 3 is 2.35 bits per heavy atom. The zero-order chi connectivity index (χ0) is 13.1. The fourth-order valence-corrected chi connectivity index (χ4v) is 1.96. The van der Waals surface area contributed by atoms with Crippen molar-refractivity contribution in [2.24, 2.45) is 0 Å². The van der Waals surface area contributed by atoms with E-state index in [1.165, 1.54) is 0 Å². The number of benzene rings is 1. The van der Waals surface area contributed by atoms with Crippen molar-refractivity contribution in [1.82, 2.24) is 9.55 Å². The van der Waals surface area contributed by atoms with Gasteiger partial charge in [0, 0.05) is 31.1 Å². The molecule has 3 heteroatoms. The summed E-state index contributed by atoms with van der Waals surface area (Å²) >= 11 is 0. The van der Waals surface area contributed by atoms with Crippen molar-refractivity contribution in [3.05, 3.63) is 83.4 Å². The molecule has 0 aliphatic rings. The second-order valence-corrected chi connectivity index (χ2v) is 4.18. The lowest BCUT2D eigenvalue weighted by atomic mass is 10.2. The molecule has 0 N–H and O–H groups in total. The summed E-state index contributed by atoms with van der Waals surface area (Å²) in [6, 6.07) is 18.7. The van der Waals surface area contributed by atoms with Gasteiger partial charge in [0.15, 0.2) is 0 Å². The highest BCUT2D eigenvalue weighted by Gasteiger charge is 2.03. The van der Waals surface area contributed by atoms with Crippen LogP contribution in [0.15, 0.2) is 77.9 Å². The van der Waals surface area contributed by atoms with Gasteiger partial charge in [0.25, 0.3) is 5.56 Å². The van der Waals surface area contributed by atoms with Gasteiger partial charge in [-0.15, -0.1) is 0 Å². The summed E-state index contributed by atoms with van der Waals surface area (Å²) in [4.78, 5) is 16.2. The highest BCUT2D eigenvalue weighted by atomic mass is 16.1. The van der Waals surface area contributed by atoms with Gasteiger partial charge < -0.3 is 0 Å². The van der Waals surface area contributed by atoms with Crippen LogP contribution in [0.3, 0.4) is 0 Å². The molecule has 0 spiro atoms. The third kappa shape index (κ3) is 2.67. The lowest BCUT2D eigenvalue weighted by molar-refractivity contribution is 0.991. The molecule has 2 aromatic heterocycles. The summed E-state index contributed by atoms with van der Waals surface area (Å²) in [6.45, 7) is 0. The van der Waals surface area contributed by atoms with E-state index in [0.717, 1.165) is 16.9 Å². The summed E-state index contributed by atoms with van der Waals surface area (Å²) in [5, 5.41) is 0. The highest BCUT2D eigenvalue weighted by molar-refractivity contribution is 5.58. The maximum Gasteiger partial charge on any atom is 0.255 e. The number of rotatable bonds is 2. The molecule has 0 aliphatic carbocycles. The molecule has 102 valence electrons. The van der Waals surface area contributed by atoms with E-state index in [1.807, 2.05) is 54.7 Å². The normalized spacial score (nSPS) is 9.80. The SMILES string of the molecule is C.O=c1ccc(-c2ccccn2)cn1-c1ccccc1.[2HH]. The van der Waals surface area contributed by atoms with Crippen molar-refractivity contribution in [3.8, 4) is 16.9 Å². The number of pyridine rings is 2. The van der Waals surface area contributed by atoms with Crippen LogP contribution >= 0.6 is 0 Å². The molecule has 0 saturated carbocycles. The van der Waals surface area contributed by atoms with Gasteiger partial charge in [-0.25, -0.2) is 0 Å². The summed E-state index contributed by atoms with van der Waals surface area (Å²) in [6.07, 6.45) is 3.56. The number of aromatic nitrogens is 2. The molecule has 0 aliphatic heterocycles. The first-order valence-corrected chi connectivity index (χ1v) is 6.04. The second-order valence-electron chi connectivity index (χ2n) is 4.18. The molecule has 0 bridgehead atoms. The Morgan fingerprint density at radius 2 is 1.65 bits per heavy atom. The maximum atomic E-state index is 11.9. The maximum absolute atomic E-state index is 11.9. The molecule has 20 heavy (non-hydrogen) atoms. The average molecular weight is 267 g/mol. The minimum absolute atomic E-state index is 0. The lowest BCUT2D eigenvalue weighted by Crippen LogP contribution is -2.16. The molecule has 0 fully saturated rings. The first kappa shape index (κ1) is 13.7. The van der Waals surface area contributed by atoms with Gasteiger partial charge in [-0.3, -0.25) is 14.3 Å². The molecular formula is C17H18N2O. The molecular weight excluding hydrogens is 248 g/mol. The molecule has 3 rings (SSSR count). The van der Waals surface area contributed by atoms with Gasteiger partial charge in [-0.05, 0) is 30.3 Å². The fraction of sp³-hybridized carbons (Fsp3) is 0.0588. The van der Waals surface area contributed by atoms with Crippen LogP contribution < -0.4 is 5.56 Å². The number of hydrogen-bond donors (Lipinski definition) is 0. The van der Waals surface area contributed by atoms with Gasteiger partial charge in [-0.2, -0.15) is 0 Å². The average Bonchev–Trinajstić information content (AvgIpc) is 2.49. The molecule has 0 radical (unpaired) electrons. The van der Waals surface area contributed by atoms with E-state index in [1.54, 1.807) is 22.9 Å². The Kier molecular flexibility index (Phi) is 4.11. The van der Waals surface area contributed by atoms with Gasteiger partial charge in [0.05, 0.1) is 5.69 Å². The predicted octanol–water partition coefficient (Wildman–Crippen LogP) is 3.78. The first-order valence-electron chi connectivity index (χ1n) is 6.04. The second kappa shape index (κ2) is 5.97. The van der Waals surface area contributed by atoms with Crippen molar-refractivity contribution in [1.29, 1.82) is 0 Å². The van der Waals surface area contributed by atoms with Crippen LogP contribution in [0.2, 0.25) is 0 Å². The van der Waals surface area contributed by atoms with Crippen molar-refractivity contribution in [2.75, 3.05) is 0 Å². The number of hydrogen-bond acceptors (Lipinski definition) is 2. The van der Waals surface area contributed by atoms with Crippen LogP contribution in [0.1, 0.15) is 8.85 Å². The van der Waals surface area contributed by atoms with E-state index in [0.29, 0.717) is 0 Å². The topological polar surface area (TPSA) is 34.9 Å². The fourth-order valence-electron chi connectivity index (χ4n) is 1.96. The Morgan fingerprint density at radius 1 is 0.900 bits per heavy atom. The lowest BCUT2D eigenvalue weighted by Gasteiger charge is -2.07. The minimum atomic E-state index is -0.0501. The summed E-state index contributed by atoms with van der Waals surface area (Å²) in [7, 11) is 0. The van der Waals surface area contributed by atoms with Crippen molar-refractivity contribution in [2.45, 2.75) is 7.43 Å². The third-order valence-corrected chi connectivity index (χ3v) is 2.91. The van der Waals surface area contributed by atoms with Gasteiger partial charge >= 0.3 is 0 Å². The minimum Gasteiger partial charge on any atom is -0.284 e. The van der Waals surface area contributed by atoms with Gasteiger partial charge in [-0.1, -0.05) is 31.7 Å². The predicted molar refractivity (Wildman–Crippen MR) is 84.1 cm³/mol. The van der Waals surface area contributed by atoms with E-state index in [9.17, 15) is 4.79 Å². The molecule has 0 amide bonds. The zero-order valence-corrected chi connectivity index (χ0v) is 10.2. The molecule has 1 aromatic carbocycles. The molecule has 0 atom stereocenters. The van der Waals surface area contributed by atoms with Gasteiger partial charge in [0.2, 0.25) is 0 Å². The molecule has 2 heterocycles. The number of para-hydroxylation sites is 1. The van der Waals surface area contributed by atoms with E-state index >= 15 is 0 Å². The largest absolute Gasteiger partial charge is 0.284 e. The summed E-state index contributed by atoms with van der Waals surface area (Å²) in [5.41, 5.74) is 2.58. The van der Waals surface area contributed by atoms with E-state index in [-0.39, 0.29) is 14.4 Å². The van der Waals surface area contributed by atoms with Gasteiger partial charge in [0.1, 0.15) is 0 Å². The smallest absolute Gasteiger partial charge is 0.255 e. The van der Waals surface area contributed by atoms with Crippen LogP contribution in [0.25, 0.3) is 16.9 Å². The van der Waals surface area contributed by atoms with Crippen LogP contribution in [-0.2, 0) is 0 Å². The Hall–Kier alpha value is -2.68. The van der Waals surface area contributed by atoms with Crippen LogP contribution in [0.5, 0.6) is 0 Å². The van der Waals surface area contributed by atoms with Crippen molar-refractivity contribution in [3.63, 3.8) is 0 Å². The van der Waals surface area contributed by atoms with Crippen LogP contribution in [0.4, 0.5) is 0 Å². The van der Waals surface area contributed by atoms with E-state index in [2.05, 4.69) is 4.98 Å². The monoisotopic (exact) mass is 267 g/mol. The quantitative estimate of drug-likeness (QED) is 0.708. The highest BCUT2D eigenvalue weighted by Crippen LogP contribution is 2.15. The van der Waals surface area contributed by atoms with Crippen LogP contribution in [0, 0.1) is 0 Å². The summed E-state index contributed by atoms with van der Waals surface area (Å²) in [5.74, 6) is 0. The first-order chi connectivity index (χ1) is 9.34. The molecule has 0 unspecified atom stereocenters. The van der Waals surface area contributed by atoms with E-state index < -0.39 is 0 Å². The zero-order valence-electron chi connectivity index (χ0n) is 10.2. The molecule has 3 nitrogen and oxygen atoms in total. The Bertz CT molecular complexity index is 739. The Balaban J connectivity index is 0.00000110. The standard InChI is InChI=1S/C16H12N2O.CH4.H2/c19-16-10-9-13(15-8-4-5-11-17-15)12-18(16)14-6-2-1-3-7-14;;/h1-12H;1H4;1H/i;;1+1. The summed E-state index contributed by atoms with van der Waals surface area (Å²) < 4.78 is 1.63. The van der Waals surface area contributed by atoms with Crippen molar-refractivity contribution >= 4 is 0 Å². The molecule has 3 aromatic rings. The Labute approximate surface area is 119 Å². The van der Waals surface area contributed by atoms with Crippen molar-refractivity contribution < 1.29 is 1.43 Å². The number of nitrogens with zero attached hydrogens (tertiary/aromatic N) is 2. The van der Waals surface area contributed by atoms with Crippen LogP contribution in [-0.4, -0.2) is 9.55 Å².